The van der Waals surface area contributed by atoms with Crippen LogP contribution in [-0.4, -0.2) is 11.1 Å². The van der Waals surface area contributed by atoms with E-state index in [1.54, 1.807) is 12.1 Å². The molecule has 0 radical (unpaired) electrons. The number of aryl methyl sites for hydroxylation is 1. The lowest BCUT2D eigenvalue weighted by Gasteiger charge is -2.25. The van der Waals surface area contributed by atoms with Crippen molar-refractivity contribution >= 4 is 17.6 Å². The molecule has 0 unspecified atom stereocenters. The normalized spacial score (nSPS) is 17.9. The zero-order valence-electron chi connectivity index (χ0n) is 10.3. The van der Waals surface area contributed by atoms with Gasteiger partial charge in [-0.2, -0.15) is 0 Å². The van der Waals surface area contributed by atoms with Crippen LogP contribution in [0.5, 0.6) is 0 Å². The Bertz CT molecular complexity index is 479. The second-order valence-corrected chi connectivity index (χ2v) is 5.29. The standard InChI is InChI=1S/C14H16ClFO2/c1-2-9-7-10(12(16)11(15)8-9)14(13(17)18)5-3-4-6-14/h7-8H,2-6H2,1H3,(H,17,18). The molecule has 1 saturated carbocycles. The number of halogens is 2. The Morgan fingerprint density at radius 2 is 2.06 bits per heavy atom. The average molecular weight is 271 g/mol. The molecule has 2 rings (SSSR count). The van der Waals surface area contributed by atoms with Gasteiger partial charge in [0.15, 0.2) is 0 Å². The number of carboxylic acids is 1. The molecule has 0 bridgehead atoms. The van der Waals surface area contributed by atoms with E-state index < -0.39 is 17.2 Å². The molecular formula is C14H16ClFO2. The molecular weight excluding hydrogens is 255 g/mol. The first-order valence-corrected chi connectivity index (χ1v) is 6.61. The van der Waals surface area contributed by atoms with Crippen molar-refractivity contribution in [3.63, 3.8) is 0 Å². The van der Waals surface area contributed by atoms with E-state index >= 15 is 0 Å². The first-order chi connectivity index (χ1) is 8.51. The predicted octanol–water partition coefficient (Wildman–Crippen LogP) is 3.94. The third kappa shape index (κ3) is 2.01. The van der Waals surface area contributed by atoms with E-state index in [-0.39, 0.29) is 10.6 Å². The van der Waals surface area contributed by atoms with Crippen molar-refractivity contribution in [3.05, 3.63) is 34.1 Å². The van der Waals surface area contributed by atoms with Gasteiger partial charge in [-0.05, 0) is 30.9 Å². The summed E-state index contributed by atoms with van der Waals surface area (Å²) in [7, 11) is 0. The van der Waals surface area contributed by atoms with Gasteiger partial charge in [0, 0.05) is 5.56 Å². The summed E-state index contributed by atoms with van der Waals surface area (Å²) in [5.41, 5.74) is 0.0552. The molecule has 2 nitrogen and oxygen atoms in total. The van der Waals surface area contributed by atoms with Crippen LogP contribution in [0.3, 0.4) is 0 Å². The van der Waals surface area contributed by atoms with Crippen LogP contribution in [-0.2, 0) is 16.6 Å². The molecule has 1 aliphatic carbocycles. The highest BCUT2D eigenvalue weighted by molar-refractivity contribution is 6.30. The molecule has 0 spiro atoms. The molecule has 0 saturated heterocycles. The second-order valence-electron chi connectivity index (χ2n) is 4.89. The summed E-state index contributed by atoms with van der Waals surface area (Å²) in [6.07, 6.45) is 3.33. The van der Waals surface area contributed by atoms with E-state index in [2.05, 4.69) is 0 Å². The molecule has 0 aromatic heterocycles. The molecule has 1 N–H and O–H groups in total. The summed E-state index contributed by atoms with van der Waals surface area (Å²) in [6.45, 7) is 1.94. The van der Waals surface area contributed by atoms with Gasteiger partial charge in [-0.1, -0.05) is 37.4 Å². The predicted molar refractivity (Wildman–Crippen MR) is 68.6 cm³/mol. The zero-order valence-corrected chi connectivity index (χ0v) is 11.1. The lowest BCUT2D eigenvalue weighted by Crippen LogP contribution is -2.33. The Balaban J connectivity index is 2.61. The number of carbonyl (C=O) groups is 1. The van der Waals surface area contributed by atoms with Gasteiger partial charge >= 0.3 is 5.97 Å². The van der Waals surface area contributed by atoms with Gasteiger partial charge in [0.25, 0.3) is 0 Å². The highest BCUT2D eigenvalue weighted by Crippen LogP contribution is 2.44. The zero-order chi connectivity index (χ0) is 13.3. The molecule has 1 fully saturated rings. The van der Waals surface area contributed by atoms with E-state index in [0.717, 1.165) is 18.4 Å². The van der Waals surface area contributed by atoms with Crippen LogP contribution >= 0.6 is 11.6 Å². The first-order valence-electron chi connectivity index (χ1n) is 6.23. The number of rotatable bonds is 3. The summed E-state index contributed by atoms with van der Waals surface area (Å²) >= 11 is 5.87. The van der Waals surface area contributed by atoms with Crippen molar-refractivity contribution < 1.29 is 14.3 Å². The fourth-order valence-corrected chi connectivity index (χ4v) is 3.02. The average Bonchev–Trinajstić information content (AvgIpc) is 2.82. The van der Waals surface area contributed by atoms with Gasteiger partial charge in [-0.25, -0.2) is 4.39 Å². The quantitative estimate of drug-likeness (QED) is 0.903. The van der Waals surface area contributed by atoms with Crippen molar-refractivity contribution in [1.29, 1.82) is 0 Å². The van der Waals surface area contributed by atoms with Gasteiger partial charge in [-0.15, -0.1) is 0 Å². The minimum atomic E-state index is -1.08. The van der Waals surface area contributed by atoms with E-state index in [0.29, 0.717) is 19.3 Å². The minimum Gasteiger partial charge on any atom is -0.481 e. The fraction of sp³-hybridized carbons (Fsp3) is 0.500. The highest BCUT2D eigenvalue weighted by Gasteiger charge is 2.45. The van der Waals surface area contributed by atoms with Crippen LogP contribution < -0.4 is 0 Å². The van der Waals surface area contributed by atoms with Crippen molar-refractivity contribution in [2.24, 2.45) is 0 Å². The highest BCUT2D eigenvalue weighted by atomic mass is 35.5. The Morgan fingerprint density at radius 3 is 2.56 bits per heavy atom. The van der Waals surface area contributed by atoms with Crippen LogP contribution in [0.2, 0.25) is 5.02 Å². The van der Waals surface area contributed by atoms with Gasteiger partial charge in [0.1, 0.15) is 5.82 Å². The minimum absolute atomic E-state index is 0.0249. The topological polar surface area (TPSA) is 37.3 Å². The first kappa shape index (κ1) is 13.3. The molecule has 4 heteroatoms. The van der Waals surface area contributed by atoms with Crippen LogP contribution in [0.15, 0.2) is 12.1 Å². The van der Waals surface area contributed by atoms with Crippen LogP contribution in [0, 0.1) is 5.82 Å². The number of benzene rings is 1. The Kier molecular flexibility index (Phi) is 3.62. The smallest absolute Gasteiger partial charge is 0.314 e. The van der Waals surface area contributed by atoms with Crippen molar-refractivity contribution in [1.82, 2.24) is 0 Å². The maximum Gasteiger partial charge on any atom is 0.314 e. The number of aliphatic carboxylic acids is 1. The molecule has 1 aromatic carbocycles. The second kappa shape index (κ2) is 4.88. The Labute approximate surface area is 111 Å². The summed E-state index contributed by atoms with van der Waals surface area (Å²) in [5, 5.41) is 9.51. The molecule has 0 heterocycles. The maximum absolute atomic E-state index is 14.2. The lowest BCUT2D eigenvalue weighted by molar-refractivity contribution is -0.143. The van der Waals surface area contributed by atoms with Crippen LogP contribution in [0.25, 0.3) is 0 Å². The van der Waals surface area contributed by atoms with Crippen LogP contribution in [0.1, 0.15) is 43.7 Å². The van der Waals surface area contributed by atoms with E-state index in [4.69, 9.17) is 11.6 Å². The maximum atomic E-state index is 14.2. The molecule has 0 atom stereocenters. The molecule has 1 aliphatic rings. The monoisotopic (exact) mass is 270 g/mol. The van der Waals surface area contributed by atoms with Gasteiger partial charge in [0.05, 0.1) is 10.4 Å². The van der Waals surface area contributed by atoms with Gasteiger partial charge < -0.3 is 5.11 Å². The third-order valence-corrected chi connectivity index (χ3v) is 4.15. The Hall–Kier alpha value is -1.09. The SMILES string of the molecule is CCc1cc(Cl)c(F)c(C2(C(=O)O)CCCC2)c1. The van der Waals surface area contributed by atoms with Crippen molar-refractivity contribution in [3.8, 4) is 0 Å². The summed E-state index contributed by atoms with van der Waals surface area (Å²) < 4.78 is 14.2. The molecule has 98 valence electrons. The lowest BCUT2D eigenvalue weighted by atomic mass is 9.78. The summed E-state index contributed by atoms with van der Waals surface area (Å²) in [6, 6.07) is 3.24. The summed E-state index contributed by atoms with van der Waals surface area (Å²) in [4.78, 5) is 11.6. The van der Waals surface area contributed by atoms with E-state index in [1.807, 2.05) is 6.92 Å². The largest absolute Gasteiger partial charge is 0.481 e. The van der Waals surface area contributed by atoms with Gasteiger partial charge in [0.2, 0.25) is 0 Å². The number of carboxylic acid groups (broad SMARTS) is 1. The molecule has 1 aromatic rings. The fourth-order valence-electron chi connectivity index (χ4n) is 2.77. The molecule has 0 amide bonds. The number of hydrogen-bond acceptors (Lipinski definition) is 1. The number of hydrogen-bond donors (Lipinski definition) is 1. The van der Waals surface area contributed by atoms with Gasteiger partial charge in [-0.3, -0.25) is 4.79 Å². The van der Waals surface area contributed by atoms with E-state index in [1.165, 1.54) is 0 Å². The van der Waals surface area contributed by atoms with Crippen LogP contribution in [0.4, 0.5) is 4.39 Å². The Morgan fingerprint density at radius 1 is 1.44 bits per heavy atom. The summed E-state index contributed by atoms with van der Waals surface area (Å²) in [5.74, 6) is -1.51. The molecule has 0 aliphatic heterocycles. The third-order valence-electron chi connectivity index (χ3n) is 3.88. The van der Waals surface area contributed by atoms with Crippen molar-refractivity contribution in [2.75, 3.05) is 0 Å². The van der Waals surface area contributed by atoms with Crippen molar-refractivity contribution in [2.45, 2.75) is 44.4 Å². The molecule has 18 heavy (non-hydrogen) atoms. The van der Waals surface area contributed by atoms with E-state index in [9.17, 15) is 14.3 Å².